The van der Waals surface area contributed by atoms with Crippen molar-refractivity contribution in [1.82, 2.24) is 4.72 Å². The number of hydrogen-bond donors (Lipinski definition) is 2. The van der Waals surface area contributed by atoms with Crippen molar-refractivity contribution in [3.63, 3.8) is 0 Å². The van der Waals surface area contributed by atoms with Crippen molar-refractivity contribution in [3.05, 3.63) is 84.4 Å². The largest absolute Gasteiger partial charge is 0.324 e. The number of aliphatic imine (C=N–C) groups is 1. The third kappa shape index (κ3) is 4.52. The van der Waals surface area contributed by atoms with Gasteiger partial charge in [0, 0.05) is 18.3 Å². The Labute approximate surface area is 198 Å². The fourth-order valence-corrected chi connectivity index (χ4v) is 5.88. The molecule has 3 aromatic rings. The number of para-hydroxylation sites is 1. The predicted molar refractivity (Wildman–Crippen MR) is 130 cm³/mol. The van der Waals surface area contributed by atoms with E-state index in [-0.39, 0.29) is 21.3 Å². The van der Waals surface area contributed by atoms with Crippen LogP contribution in [0.3, 0.4) is 0 Å². The third-order valence-electron chi connectivity index (χ3n) is 5.24. The minimum Gasteiger partial charge on any atom is -0.324 e. The molecule has 0 aromatic heterocycles. The highest BCUT2D eigenvalue weighted by Gasteiger charge is 2.31. The topological polar surface area (TPSA) is 125 Å². The SMILES string of the molecule is C[C@H](N=C1NS(=O)(=O)c2ccccc21)C(=O)Nc1cccc(S(=O)(=O)N(C)c2ccccc2)c1. The second-order valence-electron chi connectivity index (χ2n) is 7.58. The van der Waals surface area contributed by atoms with Gasteiger partial charge in [0.2, 0.25) is 5.91 Å². The number of amides is 1. The molecule has 1 aliphatic rings. The highest BCUT2D eigenvalue weighted by Crippen LogP contribution is 2.25. The molecule has 1 atom stereocenters. The molecule has 3 aromatic carbocycles. The summed E-state index contributed by atoms with van der Waals surface area (Å²) < 4.78 is 54.1. The van der Waals surface area contributed by atoms with Crippen LogP contribution < -0.4 is 14.3 Å². The number of anilines is 2. The number of nitrogens with zero attached hydrogens (tertiary/aromatic N) is 2. The fraction of sp³-hybridized carbons (Fsp3) is 0.130. The van der Waals surface area contributed by atoms with Gasteiger partial charge in [-0.2, -0.15) is 0 Å². The van der Waals surface area contributed by atoms with Crippen molar-refractivity contribution in [2.45, 2.75) is 22.8 Å². The van der Waals surface area contributed by atoms with Crippen LogP contribution in [0.4, 0.5) is 11.4 Å². The van der Waals surface area contributed by atoms with E-state index >= 15 is 0 Å². The summed E-state index contributed by atoms with van der Waals surface area (Å²) in [7, 11) is -6.13. The van der Waals surface area contributed by atoms with Crippen LogP contribution in [0, 0.1) is 0 Å². The molecule has 0 spiro atoms. The smallest absolute Gasteiger partial charge is 0.264 e. The van der Waals surface area contributed by atoms with Gasteiger partial charge in [0.15, 0.2) is 0 Å². The van der Waals surface area contributed by atoms with E-state index in [4.69, 9.17) is 0 Å². The van der Waals surface area contributed by atoms with E-state index in [0.29, 0.717) is 11.3 Å². The average molecular weight is 499 g/mol. The van der Waals surface area contributed by atoms with E-state index in [1.807, 2.05) is 0 Å². The van der Waals surface area contributed by atoms with Gasteiger partial charge in [-0.3, -0.25) is 18.8 Å². The quantitative estimate of drug-likeness (QED) is 0.540. The third-order valence-corrected chi connectivity index (χ3v) is 8.42. The van der Waals surface area contributed by atoms with Gasteiger partial charge in [0.1, 0.15) is 11.9 Å². The molecular weight excluding hydrogens is 476 g/mol. The normalized spacial score (nSPS) is 16.4. The van der Waals surface area contributed by atoms with Crippen molar-refractivity contribution >= 4 is 43.2 Å². The minimum atomic E-state index is -3.86. The minimum absolute atomic E-state index is 0.00750. The fourth-order valence-electron chi connectivity index (χ4n) is 3.40. The first kappa shape index (κ1) is 23.5. The van der Waals surface area contributed by atoms with Crippen molar-refractivity contribution in [1.29, 1.82) is 0 Å². The van der Waals surface area contributed by atoms with E-state index in [1.165, 1.54) is 38.2 Å². The van der Waals surface area contributed by atoms with Gasteiger partial charge in [-0.1, -0.05) is 36.4 Å². The Bertz CT molecular complexity index is 1490. The zero-order chi connectivity index (χ0) is 24.5. The molecule has 34 heavy (non-hydrogen) atoms. The van der Waals surface area contributed by atoms with Crippen LogP contribution in [0.1, 0.15) is 12.5 Å². The van der Waals surface area contributed by atoms with Crippen molar-refractivity contribution in [2.24, 2.45) is 4.99 Å². The molecule has 0 unspecified atom stereocenters. The number of hydrogen-bond acceptors (Lipinski definition) is 6. The molecule has 0 saturated heterocycles. The maximum absolute atomic E-state index is 13.0. The van der Waals surface area contributed by atoms with Gasteiger partial charge >= 0.3 is 0 Å². The molecule has 0 bridgehead atoms. The van der Waals surface area contributed by atoms with Crippen LogP contribution in [0.5, 0.6) is 0 Å². The summed E-state index contributed by atoms with van der Waals surface area (Å²) in [5.41, 5.74) is 1.16. The molecule has 2 N–H and O–H groups in total. The van der Waals surface area contributed by atoms with Gasteiger partial charge in [-0.15, -0.1) is 0 Å². The number of benzene rings is 3. The van der Waals surface area contributed by atoms with E-state index in [0.717, 1.165) is 4.31 Å². The first-order valence-electron chi connectivity index (χ1n) is 10.2. The molecular formula is C23H22N4O5S2. The molecule has 0 fully saturated rings. The zero-order valence-electron chi connectivity index (χ0n) is 18.3. The molecule has 0 aliphatic carbocycles. The van der Waals surface area contributed by atoms with Crippen molar-refractivity contribution < 1.29 is 21.6 Å². The van der Waals surface area contributed by atoms with Crippen LogP contribution in [0.25, 0.3) is 0 Å². The lowest BCUT2D eigenvalue weighted by atomic mass is 10.2. The molecule has 1 amide bonds. The Balaban J connectivity index is 1.54. The molecule has 0 radical (unpaired) electrons. The number of sulfonamides is 2. The second-order valence-corrected chi connectivity index (χ2v) is 11.2. The lowest BCUT2D eigenvalue weighted by Gasteiger charge is -2.20. The van der Waals surface area contributed by atoms with E-state index in [1.54, 1.807) is 54.6 Å². The average Bonchev–Trinajstić information content (AvgIpc) is 3.09. The molecule has 0 saturated carbocycles. The standard InChI is InChI=1S/C23H22N4O5S2/c1-16(24-22-20-13-6-7-14-21(20)33(29,30)26-22)23(28)25-17-9-8-12-19(15-17)34(31,32)27(2)18-10-4-3-5-11-18/h3-16H,1-2H3,(H,24,26)(H,25,28)/t16-/m0/s1. The molecule has 9 nitrogen and oxygen atoms in total. The van der Waals surface area contributed by atoms with Gasteiger partial charge in [0.25, 0.3) is 20.0 Å². The summed E-state index contributed by atoms with van der Waals surface area (Å²) >= 11 is 0. The zero-order valence-corrected chi connectivity index (χ0v) is 20.0. The summed E-state index contributed by atoms with van der Waals surface area (Å²) in [4.78, 5) is 17.1. The van der Waals surface area contributed by atoms with Crippen LogP contribution in [-0.4, -0.2) is 41.7 Å². The summed E-state index contributed by atoms with van der Waals surface area (Å²) in [6.07, 6.45) is 0. The highest BCUT2D eigenvalue weighted by atomic mass is 32.2. The van der Waals surface area contributed by atoms with Crippen molar-refractivity contribution in [2.75, 3.05) is 16.7 Å². The number of nitrogens with one attached hydrogen (secondary N) is 2. The summed E-state index contributed by atoms with van der Waals surface area (Å²) in [6, 6.07) is 19.9. The monoisotopic (exact) mass is 498 g/mol. The molecule has 1 aliphatic heterocycles. The van der Waals surface area contributed by atoms with Crippen LogP contribution in [0.2, 0.25) is 0 Å². The summed E-state index contributed by atoms with van der Waals surface area (Å²) in [6.45, 7) is 1.52. The number of fused-ring (bicyclic) bond motifs is 1. The molecule has 176 valence electrons. The number of carbonyl (C=O) groups excluding carboxylic acids is 1. The Morgan fingerprint density at radius 2 is 1.68 bits per heavy atom. The number of rotatable bonds is 6. The first-order chi connectivity index (χ1) is 16.1. The predicted octanol–water partition coefficient (Wildman–Crippen LogP) is 2.58. The Kier molecular flexibility index (Phi) is 6.15. The first-order valence-corrected chi connectivity index (χ1v) is 13.2. The molecule has 11 heteroatoms. The maximum Gasteiger partial charge on any atom is 0.264 e. The van der Waals surface area contributed by atoms with Gasteiger partial charge in [-0.25, -0.2) is 16.8 Å². The van der Waals surface area contributed by atoms with Gasteiger partial charge in [0.05, 0.1) is 15.5 Å². The van der Waals surface area contributed by atoms with E-state index < -0.39 is 32.0 Å². The molecule has 4 rings (SSSR count). The van der Waals surface area contributed by atoms with E-state index in [2.05, 4.69) is 15.0 Å². The van der Waals surface area contributed by atoms with Gasteiger partial charge < -0.3 is 5.32 Å². The van der Waals surface area contributed by atoms with E-state index in [9.17, 15) is 21.6 Å². The summed E-state index contributed by atoms with van der Waals surface area (Å²) in [5, 5.41) is 2.65. The Morgan fingerprint density at radius 3 is 2.41 bits per heavy atom. The van der Waals surface area contributed by atoms with Crippen LogP contribution >= 0.6 is 0 Å². The maximum atomic E-state index is 13.0. The Morgan fingerprint density at radius 1 is 1.00 bits per heavy atom. The number of carbonyl (C=O) groups is 1. The van der Waals surface area contributed by atoms with Crippen LogP contribution in [0.15, 0.2) is 93.6 Å². The number of amidine groups is 1. The highest BCUT2D eigenvalue weighted by molar-refractivity contribution is 7.92. The summed E-state index contributed by atoms with van der Waals surface area (Å²) in [5.74, 6) is -0.443. The van der Waals surface area contributed by atoms with Crippen LogP contribution in [-0.2, 0) is 24.8 Å². The second kappa shape index (κ2) is 8.92. The molecule has 1 heterocycles. The van der Waals surface area contributed by atoms with Crippen molar-refractivity contribution in [3.8, 4) is 0 Å². The lowest BCUT2D eigenvalue weighted by Crippen LogP contribution is -2.29. The lowest BCUT2D eigenvalue weighted by molar-refractivity contribution is -0.117. The van der Waals surface area contributed by atoms with Gasteiger partial charge in [-0.05, 0) is 49.4 Å². The Hall–Kier alpha value is -3.70.